The Balaban J connectivity index is 3.18. The van der Waals surface area contributed by atoms with Gasteiger partial charge in [0.15, 0.2) is 0 Å². The number of aliphatic hydroxyl groups excluding tert-OH is 1. The lowest BCUT2D eigenvalue weighted by Crippen LogP contribution is -2.18. The van der Waals surface area contributed by atoms with E-state index in [1.165, 1.54) is 12.1 Å². The zero-order chi connectivity index (χ0) is 12.3. The normalized spacial score (nSPS) is 13.9. The van der Waals surface area contributed by atoms with Crippen molar-refractivity contribution in [3.63, 3.8) is 0 Å². The third kappa shape index (κ3) is 3.10. The predicted octanol–water partition coefficient (Wildman–Crippen LogP) is 2.74. The van der Waals surface area contributed by atoms with Gasteiger partial charge in [0.25, 0.3) is 0 Å². The first-order valence-electron chi connectivity index (χ1n) is 4.59. The summed E-state index contributed by atoms with van der Waals surface area (Å²) in [7, 11) is 0. The SMILES string of the molecule is N[C@@H](CCO)c1ccc(Cl)cc1C(F)(F)F. The summed E-state index contributed by atoms with van der Waals surface area (Å²) in [6, 6.07) is 2.59. The molecule has 2 nitrogen and oxygen atoms in total. The van der Waals surface area contributed by atoms with Gasteiger partial charge >= 0.3 is 6.18 Å². The van der Waals surface area contributed by atoms with Crippen molar-refractivity contribution >= 4 is 11.6 Å². The van der Waals surface area contributed by atoms with Gasteiger partial charge in [0.05, 0.1) is 5.56 Å². The molecule has 0 saturated carbocycles. The molecule has 1 atom stereocenters. The minimum absolute atomic E-state index is 0.00673. The maximum atomic E-state index is 12.7. The van der Waals surface area contributed by atoms with Crippen LogP contribution in [0, 0.1) is 0 Å². The summed E-state index contributed by atoms with van der Waals surface area (Å²) in [5.41, 5.74) is 4.65. The molecule has 16 heavy (non-hydrogen) atoms. The quantitative estimate of drug-likeness (QED) is 0.870. The van der Waals surface area contributed by atoms with E-state index < -0.39 is 17.8 Å². The van der Waals surface area contributed by atoms with Crippen molar-refractivity contribution in [1.29, 1.82) is 0 Å². The van der Waals surface area contributed by atoms with Gasteiger partial charge in [-0.3, -0.25) is 0 Å². The summed E-state index contributed by atoms with van der Waals surface area (Å²) in [6.45, 7) is -0.263. The van der Waals surface area contributed by atoms with Crippen molar-refractivity contribution in [3.05, 3.63) is 34.3 Å². The van der Waals surface area contributed by atoms with Crippen molar-refractivity contribution in [2.24, 2.45) is 5.73 Å². The molecule has 90 valence electrons. The minimum Gasteiger partial charge on any atom is -0.396 e. The summed E-state index contributed by atoms with van der Waals surface area (Å²) in [5, 5.41) is 8.67. The lowest BCUT2D eigenvalue weighted by molar-refractivity contribution is -0.138. The Morgan fingerprint density at radius 3 is 2.50 bits per heavy atom. The molecule has 1 rings (SSSR count). The minimum atomic E-state index is -4.49. The van der Waals surface area contributed by atoms with Gasteiger partial charge in [-0.05, 0) is 24.1 Å². The third-order valence-corrected chi connectivity index (χ3v) is 2.40. The second kappa shape index (κ2) is 5.03. The molecule has 0 amide bonds. The largest absolute Gasteiger partial charge is 0.416 e. The Morgan fingerprint density at radius 1 is 1.38 bits per heavy atom. The number of hydrogen-bond donors (Lipinski definition) is 2. The Morgan fingerprint density at radius 2 is 2.00 bits per heavy atom. The zero-order valence-electron chi connectivity index (χ0n) is 8.26. The Kier molecular flexibility index (Phi) is 4.18. The van der Waals surface area contributed by atoms with E-state index in [0.717, 1.165) is 6.07 Å². The van der Waals surface area contributed by atoms with E-state index in [-0.39, 0.29) is 23.6 Å². The van der Waals surface area contributed by atoms with Crippen LogP contribution in [-0.2, 0) is 6.18 Å². The fourth-order valence-corrected chi connectivity index (χ4v) is 1.56. The molecular formula is C10H11ClF3NO. The van der Waals surface area contributed by atoms with Crippen LogP contribution in [-0.4, -0.2) is 11.7 Å². The van der Waals surface area contributed by atoms with Gasteiger partial charge < -0.3 is 10.8 Å². The molecule has 0 heterocycles. The molecule has 0 aliphatic carbocycles. The fraction of sp³-hybridized carbons (Fsp3) is 0.400. The molecule has 0 aliphatic rings. The summed E-state index contributed by atoms with van der Waals surface area (Å²) < 4.78 is 38.0. The van der Waals surface area contributed by atoms with E-state index in [1.54, 1.807) is 0 Å². The Labute approximate surface area is 95.8 Å². The number of alkyl halides is 3. The summed E-state index contributed by atoms with van der Waals surface area (Å²) >= 11 is 5.51. The maximum absolute atomic E-state index is 12.7. The van der Waals surface area contributed by atoms with Crippen LogP contribution in [0.25, 0.3) is 0 Å². The summed E-state index contributed by atoms with van der Waals surface area (Å²) in [4.78, 5) is 0. The molecular weight excluding hydrogens is 243 g/mol. The van der Waals surface area contributed by atoms with E-state index in [1.807, 2.05) is 0 Å². The van der Waals surface area contributed by atoms with Crippen molar-refractivity contribution in [2.75, 3.05) is 6.61 Å². The average Bonchev–Trinajstić information content (AvgIpc) is 2.16. The number of hydrogen-bond acceptors (Lipinski definition) is 2. The van der Waals surface area contributed by atoms with Gasteiger partial charge in [-0.1, -0.05) is 17.7 Å². The smallest absolute Gasteiger partial charge is 0.396 e. The molecule has 0 spiro atoms. The van der Waals surface area contributed by atoms with Crippen LogP contribution in [0.15, 0.2) is 18.2 Å². The van der Waals surface area contributed by atoms with Gasteiger partial charge in [-0.2, -0.15) is 13.2 Å². The lowest BCUT2D eigenvalue weighted by atomic mass is 9.98. The number of halogens is 4. The standard InChI is InChI=1S/C10H11ClF3NO/c11-6-1-2-7(9(15)3-4-16)8(5-6)10(12,13)14/h1-2,5,9,16H,3-4,15H2/t9-/m0/s1. The molecule has 0 radical (unpaired) electrons. The van der Waals surface area contributed by atoms with Crippen molar-refractivity contribution in [3.8, 4) is 0 Å². The topological polar surface area (TPSA) is 46.2 Å². The van der Waals surface area contributed by atoms with Crippen molar-refractivity contribution in [2.45, 2.75) is 18.6 Å². The van der Waals surface area contributed by atoms with Gasteiger partial charge in [0, 0.05) is 17.7 Å². The first-order valence-corrected chi connectivity index (χ1v) is 4.97. The molecule has 0 aromatic heterocycles. The molecule has 0 fully saturated rings. The molecule has 1 aromatic carbocycles. The van der Waals surface area contributed by atoms with Crippen LogP contribution in [0.1, 0.15) is 23.6 Å². The number of rotatable bonds is 3. The van der Waals surface area contributed by atoms with Crippen LogP contribution in [0.5, 0.6) is 0 Å². The van der Waals surface area contributed by atoms with Gasteiger partial charge in [-0.15, -0.1) is 0 Å². The highest BCUT2D eigenvalue weighted by Crippen LogP contribution is 2.36. The second-order valence-electron chi connectivity index (χ2n) is 3.35. The average molecular weight is 254 g/mol. The van der Waals surface area contributed by atoms with Gasteiger partial charge in [0.2, 0.25) is 0 Å². The monoisotopic (exact) mass is 253 g/mol. The van der Waals surface area contributed by atoms with Crippen molar-refractivity contribution in [1.82, 2.24) is 0 Å². The predicted molar refractivity (Wildman–Crippen MR) is 55.1 cm³/mol. The molecule has 1 aromatic rings. The van der Waals surface area contributed by atoms with E-state index in [0.29, 0.717) is 0 Å². The van der Waals surface area contributed by atoms with Crippen LogP contribution < -0.4 is 5.73 Å². The lowest BCUT2D eigenvalue weighted by Gasteiger charge is -2.17. The molecule has 0 bridgehead atoms. The Bertz CT molecular complexity index is 368. The molecule has 0 aliphatic heterocycles. The van der Waals surface area contributed by atoms with Gasteiger partial charge in [-0.25, -0.2) is 0 Å². The number of benzene rings is 1. The third-order valence-electron chi connectivity index (χ3n) is 2.16. The van der Waals surface area contributed by atoms with Crippen LogP contribution in [0.3, 0.4) is 0 Å². The van der Waals surface area contributed by atoms with E-state index >= 15 is 0 Å². The first-order chi connectivity index (χ1) is 7.36. The first kappa shape index (κ1) is 13.3. The summed E-state index contributed by atoms with van der Waals surface area (Å²) in [6.07, 6.45) is -4.42. The number of aliphatic hydroxyl groups is 1. The van der Waals surface area contributed by atoms with Crippen LogP contribution in [0.2, 0.25) is 5.02 Å². The summed E-state index contributed by atoms with van der Waals surface area (Å²) in [5.74, 6) is 0. The van der Waals surface area contributed by atoms with E-state index in [4.69, 9.17) is 22.4 Å². The van der Waals surface area contributed by atoms with E-state index in [9.17, 15) is 13.2 Å². The number of nitrogens with two attached hydrogens (primary N) is 1. The molecule has 0 unspecified atom stereocenters. The highest BCUT2D eigenvalue weighted by atomic mass is 35.5. The highest BCUT2D eigenvalue weighted by Gasteiger charge is 2.34. The van der Waals surface area contributed by atoms with Gasteiger partial charge in [0.1, 0.15) is 0 Å². The fourth-order valence-electron chi connectivity index (χ4n) is 1.39. The second-order valence-corrected chi connectivity index (χ2v) is 3.78. The van der Waals surface area contributed by atoms with Crippen LogP contribution >= 0.6 is 11.6 Å². The maximum Gasteiger partial charge on any atom is 0.416 e. The zero-order valence-corrected chi connectivity index (χ0v) is 9.02. The Hall–Kier alpha value is -0.780. The van der Waals surface area contributed by atoms with Crippen LogP contribution in [0.4, 0.5) is 13.2 Å². The molecule has 0 saturated heterocycles. The molecule has 3 N–H and O–H groups in total. The van der Waals surface area contributed by atoms with Crippen molar-refractivity contribution < 1.29 is 18.3 Å². The van der Waals surface area contributed by atoms with E-state index in [2.05, 4.69) is 0 Å². The molecule has 6 heteroatoms. The highest BCUT2D eigenvalue weighted by molar-refractivity contribution is 6.30.